The van der Waals surface area contributed by atoms with Crippen LogP contribution in [0.2, 0.25) is 0 Å². The highest BCUT2D eigenvalue weighted by molar-refractivity contribution is 5.93. The third-order valence-electron chi connectivity index (χ3n) is 3.90. The van der Waals surface area contributed by atoms with Gasteiger partial charge >= 0.3 is 0 Å². The number of carbonyl (C=O) groups is 1. The molecule has 5 heteroatoms. The zero-order chi connectivity index (χ0) is 13.8. The summed E-state index contributed by atoms with van der Waals surface area (Å²) in [6.45, 7) is 1.90. The van der Waals surface area contributed by atoms with Crippen LogP contribution in [0, 0.1) is 12.8 Å². The number of nitrogens with two attached hydrogens (primary N) is 1. The molecule has 1 aliphatic rings. The van der Waals surface area contributed by atoms with Crippen LogP contribution in [-0.2, 0) is 11.8 Å². The van der Waals surface area contributed by atoms with E-state index in [1.54, 1.807) is 4.68 Å². The highest BCUT2D eigenvalue weighted by Gasteiger charge is 2.21. The van der Waals surface area contributed by atoms with Crippen LogP contribution in [0.5, 0.6) is 0 Å². The van der Waals surface area contributed by atoms with Crippen molar-refractivity contribution >= 4 is 11.7 Å². The van der Waals surface area contributed by atoms with Crippen molar-refractivity contribution in [2.45, 2.75) is 51.5 Å². The Hall–Kier alpha value is -1.36. The zero-order valence-electron chi connectivity index (χ0n) is 11.9. The Bertz CT molecular complexity index is 435. The summed E-state index contributed by atoms with van der Waals surface area (Å²) in [7, 11) is 1.81. The lowest BCUT2D eigenvalue weighted by Gasteiger charge is -2.24. The van der Waals surface area contributed by atoms with Gasteiger partial charge in [0.25, 0.3) is 0 Å². The van der Waals surface area contributed by atoms with E-state index in [-0.39, 0.29) is 5.91 Å². The van der Waals surface area contributed by atoms with Crippen molar-refractivity contribution in [2.75, 3.05) is 5.32 Å². The standard InChI is InChI=1S/C14H24N4O/c1-10-8-13(18(2)17-10)16-14(19)12(15)9-11-6-4-3-5-7-11/h8,11-12H,3-7,9,15H2,1-2H3,(H,16,19). The number of anilines is 1. The number of nitrogens with one attached hydrogen (secondary N) is 1. The number of aryl methyl sites for hydroxylation is 2. The number of hydrogen-bond donors (Lipinski definition) is 2. The maximum absolute atomic E-state index is 12.1. The second-order valence-electron chi connectivity index (χ2n) is 5.63. The molecule has 5 nitrogen and oxygen atoms in total. The second kappa shape index (κ2) is 6.19. The molecule has 1 aliphatic carbocycles. The summed E-state index contributed by atoms with van der Waals surface area (Å²) in [5.41, 5.74) is 6.90. The van der Waals surface area contributed by atoms with Crippen molar-refractivity contribution in [3.8, 4) is 0 Å². The third-order valence-corrected chi connectivity index (χ3v) is 3.90. The van der Waals surface area contributed by atoms with E-state index in [4.69, 9.17) is 5.73 Å². The fraction of sp³-hybridized carbons (Fsp3) is 0.714. The Morgan fingerprint density at radius 3 is 2.79 bits per heavy atom. The molecular formula is C14H24N4O. The van der Waals surface area contributed by atoms with E-state index < -0.39 is 6.04 Å². The Morgan fingerprint density at radius 1 is 1.53 bits per heavy atom. The first kappa shape index (κ1) is 14.1. The first-order valence-electron chi connectivity index (χ1n) is 7.13. The smallest absolute Gasteiger partial charge is 0.242 e. The number of nitrogens with zero attached hydrogens (tertiary/aromatic N) is 2. The van der Waals surface area contributed by atoms with Crippen LogP contribution in [0.25, 0.3) is 0 Å². The number of amides is 1. The molecule has 106 valence electrons. The second-order valence-corrected chi connectivity index (χ2v) is 5.63. The Morgan fingerprint density at radius 2 is 2.21 bits per heavy atom. The van der Waals surface area contributed by atoms with Gasteiger partial charge < -0.3 is 11.1 Å². The molecule has 2 rings (SSSR count). The summed E-state index contributed by atoms with van der Waals surface area (Å²) >= 11 is 0. The van der Waals surface area contributed by atoms with Crippen molar-refractivity contribution in [3.05, 3.63) is 11.8 Å². The van der Waals surface area contributed by atoms with E-state index in [0.717, 1.165) is 12.1 Å². The number of carbonyl (C=O) groups excluding carboxylic acids is 1. The van der Waals surface area contributed by atoms with Gasteiger partial charge in [-0.15, -0.1) is 0 Å². The summed E-state index contributed by atoms with van der Waals surface area (Å²) in [5.74, 6) is 1.22. The molecule has 0 spiro atoms. The molecule has 1 atom stereocenters. The van der Waals surface area contributed by atoms with Crippen LogP contribution in [0.4, 0.5) is 5.82 Å². The van der Waals surface area contributed by atoms with Crippen molar-refractivity contribution < 1.29 is 4.79 Å². The highest BCUT2D eigenvalue weighted by Crippen LogP contribution is 2.27. The molecule has 1 fully saturated rings. The number of hydrogen-bond acceptors (Lipinski definition) is 3. The molecule has 0 aliphatic heterocycles. The molecule has 1 saturated carbocycles. The lowest BCUT2D eigenvalue weighted by atomic mass is 9.85. The maximum Gasteiger partial charge on any atom is 0.242 e. The number of aromatic nitrogens is 2. The molecule has 0 aromatic carbocycles. The van der Waals surface area contributed by atoms with Gasteiger partial charge in [0.15, 0.2) is 0 Å². The van der Waals surface area contributed by atoms with Crippen LogP contribution in [0.3, 0.4) is 0 Å². The predicted octanol–water partition coefficient (Wildman–Crippen LogP) is 1.96. The molecule has 0 bridgehead atoms. The normalized spacial score (nSPS) is 18.3. The van der Waals surface area contributed by atoms with Crippen molar-refractivity contribution in [1.82, 2.24) is 9.78 Å². The van der Waals surface area contributed by atoms with Crippen LogP contribution in [-0.4, -0.2) is 21.7 Å². The van der Waals surface area contributed by atoms with E-state index >= 15 is 0 Å². The topological polar surface area (TPSA) is 72.9 Å². The van der Waals surface area contributed by atoms with E-state index in [1.165, 1.54) is 32.1 Å². The average Bonchev–Trinajstić information content (AvgIpc) is 2.69. The summed E-state index contributed by atoms with van der Waals surface area (Å²) in [6, 6.07) is 1.43. The van der Waals surface area contributed by atoms with E-state index in [0.29, 0.717) is 11.7 Å². The van der Waals surface area contributed by atoms with Crippen molar-refractivity contribution in [2.24, 2.45) is 18.7 Å². The Labute approximate surface area is 114 Å². The summed E-state index contributed by atoms with van der Waals surface area (Å²) < 4.78 is 1.67. The van der Waals surface area contributed by atoms with Crippen molar-refractivity contribution in [1.29, 1.82) is 0 Å². The molecule has 3 N–H and O–H groups in total. The van der Waals surface area contributed by atoms with Crippen molar-refractivity contribution in [3.63, 3.8) is 0 Å². The molecule has 19 heavy (non-hydrogen) atoms. The van der Waals surface area contributed by atoms with Crippen LogP contribution in [0.15, 0.2) is 6.07 Å². The van der Waals surface area contributed by atoms with Gasteiger partial charge in [-0.25, -0.2) is 0 Å². The zero-order valence-corrected chi connectivity index (χ0v) is 11.9. The summed E-state index contributed by atoms with van der Waals surface area (Å²) in [4.78, 5) is 12.1. The quantitative estimate of drug-likeness (QED) is 0.873. The molecule has 1 amide bonds. The minimum Gasteiger partial charge on any atom is -0.320 e. The SMILES string of the molecule is Cc1cc(NC(=O)C(N)CC2CCCCC2)n(C)n1. The van der Waals surface area contributed by atoms with Gasteiger partial charge in [-0.1, -0.05) is 32.1 Å². The average molecular weight is 264 g/mol. The van der Waals surface area contributed by atoms with Crippen LogP contribution >= 0.6 is 0 Å². The molecule has 1 aromatic rings. The fourth-order valence-corrected chi connectivity index (χ4v) is 2.84. The van der Waals surface area contributed by atoms with Crippen LogP contribution in [0.1, 0.15) is 44.2 Å². The number of rotatable bonds is 4. The van der Waals surface area contributed by atoms with E-state index in [9.17, 15) is 4.79 Å². The van der Waals surface area contributed by atoms with Gasteiger partial charge in [0, 0.05) is 13.1 Å². The lowest BCUT2D eigenvalue weighted by molar-refractivity contribution is -0.117. The lowest BCUT2D eigenvalue weighted by Crippen LogP contribution is -2.38. The monoisotopic (exact) mass is 264 g/mol. The van der Waals surface area contributed by atoms with Gasteiger partial charge in [-0.05, 0) is 19.3 Å². The summed E-state index contributed by atoms with van der Waals surface area (Å²) in [6.07, 6.45) is 7.10. The van der Waals surface area contributed by atoms with Crippen LogP contribution < -0.4 is 11.1 Å². The first-order chi connectivity index (χ1) is 9.06. The highest BCUT2D eigenvalue weighted by atomic mass is 16.2. The maximum atomic E-state index is 12.1. The molecule has 1 unspecified atom stereocenters. The van der Waals surface area contributed by atoms with E-state index in [2.05, 4.69) is 10.4 Å². The Balaban J connectivity index is 1.86. The molecule has 1 aromatic heterocycles. The Kier molecular flexibility index (Phi) is 4.58. The molecule has 0 radical (unpaired) electrons. The molecule has 0 saturated heterocycles. The fourth-order valence-electron chi connectivity index (χ4n) is 2.84. The van der Waals surface area contributed by atoms with Gasteiger partial charge in [0.05, 0.1) is 11.7 Å². The van der Waals surface area contributed by atoms with Gasteiger partial charge in [-0.2, -0.15) is 5.10 Å². The largest absolute Gasteiger partial charge is 0.320 e. The minimum absolute atomic E-state index is 0.103. The third kappa shape index (κ3) is 3.80. The predicted molar refractivity (Wildman–Crippen MR) is 75.7 cm³/mol. The van der Waals surface area contributed by atoms with Gasteiger partial charge in [0.2, 0.25) is 5.91 Å². The summed E-state index contributed by atoms with van der Waals surface area (Å²) in [5, 5.41) is 7.06. The first-order valence-corrected chi connectivity index (χ1v) is 7.13. The van der Waals surface area contributed by atoms with E-state index in [1.807, 2.05) is 20.0 Å². The minimum atomic E-state index is -0.418. The van der Waals surface area contributed by atoms with Gasteiger partial charge in [-0.3, -0.25) is 9.48 Å². The van der Waals surface area contributed by atoms with Gasteiger partial charge in [0.1, 0.15) is 5.82 Å². The molecular weight excluding hydrogens is 240 g/mol. The molecule has 1 heterocycles.